The summed E-state index contributed by atoms with van der Waals surface area (Å²) in [5.41, 5.74) is 3.19. The van der Waals surface area contributed by atoms with Crippen LogP contribution in [0.25, 0.3) is 11.1 Å². The number of benzene rings is 2. The van der Waals surface area contributed by atoms with Crippen molar-refractivity contribution in [2.45, 2.75) is 32.7 Å². The molecule has 4 rings (SSSR count). The predicted octanol–water partition coefficient (Wildman–Crippen LogP) is 3.98. The molecule has 1 aromatic heterocycles. The van der Waals surface area contributed by atoms with Crippen LogP contribution in [0.2, 0.25) is 0 Å². The maximum absolute atomic E-state index is 13.0. The number of hydrogen-bond acceptors (Lipinski definition) is 5. The van der Waals surface area contributed by atoms with Crippen LogP contribution in [0.15, 0.2) is 46.9 Å². The minimum atomic E-state index is 0.0691. The fourth-order valence-corrected chi connectivity index (χ4v) is 4.25. The van der Waals surface area contributed by atoms with Gasteiger partial charge in [-0.1, -0.05) is 26.0 Å². The zero-order valence-corrected chi connectivity index (χ0v) is 17.9. The van der Waals surface area contributed by atoms with E-state index in [9.17, 15) is 4.79 Å². The van der Waals surface area contributed by atoms with Gasteiger partial charge in [0.05, 0.1) is 7.11 Å². The van der Waals surface area contributed by atoms with Crippen LogP contribution >= 0.6 is 0 Å². The summed E-state index contributed by atoms with van der Waals surface area (Å²) >= 11 is 0. The van der Waals surface area contributed by atoms with Crippen LogP contribution in [-0.2, 0) is 6.42 Å². The van der Waals surface area contributed by atoms with E-state index in [0.29, 0.717) is 29.5 Å². The van der Waals surface area contributed by atoms with Crippen molar-refractivity contribution in [3.63, 3.8) is 0 Å². The van der Waals surface area contributed by atoms with Crippen molar-refractivity contribution >= 4 is 17.0 Å². The van der Waals surface area contributed by atoms with Gasteiger partial charge in [0.1, 0.15) is 11.3 Å². The molecule has 0 bridgehead atoms. The third-order valence-electron chi connectivity index (χ3n) is 5.97. The zero-order chi connectivity index (χ0) is 21.1. The van der Waals surface area contributed by atoms with Gasteiger partial charge in [0.25, 0.3) is 5.91 Å². The fourth-order valence-electron chi connectivity index (χ4n) is 4.25. The Hall–Kier alpha value is -2.86. The van der Waals surface area contributed by atoms with Gasteiger partial charge >= 0.3 is 0 Å². The lowest BCUT2D eigenvalue weighted by Crippen LogP contribution is -2.38. The van der Waals surface area contributed by atoms with Crippen molar-refractivity contribution in [3.05, 3.63) is 59.5 Å². The van der Waals surface area contributed by atoms with Crippen molar-refractivity contribution < 1.29 is 13.9 Å². The summed E-state index contributed by atoms with van der Waals surface area (Å²) in [6.07, 6.45) is 1.63. The summed E-state index contributed by atoms with van der Waals surface area (Å²) in [6.45, 7) is 7.98. The van der Waals surface area contributed by atoms with Gasteiger partial charge < -0.3 is 14.1 Å². The topological polar surface area (TPSA) is 58.8 Å². The SMILES string of the molecule is CCN(CC)[C@@H]1CCN(C(=O)c2ccc3nc(Cc4ccc(OC)cc4)oc3c2)C1. The summed E-state index contributed by atoms with van der Waals surface area (Å²) in [4.78, 5) is 22.0. The van der Waals surface area contributed by atoms with Crippen LogP contribution in [0.5, 0.6) is 5.75 Å². The summed E-state index contributed by atoms with van der Waals surface area (Å²) in [5, 5.41) is 0. The quantitative estimate of drug-likeness (QED) is 0.593. The van der Waals surface area contributed by atoms with Crippen LogP contribution in [-0.4, -0.2) is 60.0 Å². The molecular formula is C24H29N3O3. The number of fused-ring (bicyclic) bond motifs is 1. The second-order valence-corrected chi connectivity index (χ2v) is 7.73. The highest BCUT2D eigenvalue weighted by molar-refractivity contribution is 5.97. The molecule has 1 saturated heterocycles. The molecule has 3 aromatic rings. The van der Waals surface area contributed by atoms with E-state index in [-0.39, 0.29) is 5.91 Å². The maximum Gasteiger partial charge on any atom is 0.254 e. The Labute approximate surface area is 177 Å². The minimum absolute atomic E-state index is 0.0691. The first-order valence-electron chi connectivity index (χ1n) is 10.7. The largest absolute Gasteiger partial charge is 0.497 e. The van der Waals surface area contributed by atoms with Crippen LogP contribution in [0.3, 0.4) is 0 Å². The molecule has 1 aliphatic heterocycles. The van der Waals surface area contributed by atoms with Crippen LogP contribution in [0, 0.1) is 0 Å². The first kappa shape index (κ1) is 20.4. The van der Waals surface area contributed by atoms with Gasteiger partial charge in [-0.2, -0.15) is 0 Å². The van der Waals surface area contributed by atoms with E-state index in [1.54, 1.807) is 7.11 Å². The van der Waals surface area contributed by atoms with Gasteiger partial charge in [-0.05, 0) is 55.4 Å². The number of oxazole rings is 1. The molecule has 6 nitrogen and oxygen atoms in total. The van der Waals surface area contributed by atoms with Crippen LogP contribution in [0.1, 0.15) is 42.1 Å². The van der Waals surface area contributed by atoms with Gasteiger partial charge in [-0.3, -0.25) is 9.69 Å². The Morgan fingerprint density at radius 1 is 1.20 bits per heavy atom. The summed E-state index contributed by atoms with van der Waals surface area (Å²) in [7, 11) is 1.65. The van der Waals surface area contributed by atoms with Gasteiger partial charge in [0, 0.05) is 31.1 Å². The van der Waals surface area contributed by atoms with E-state index >= 15 is 0 Å². The Bertz CT molecular complexity index is 1010. The Balaban J connectivity index is 1.47. The molecule has 0 saturated carbocycles. The lowest BCUT2D eigenvalue weighted by molar-refractivity contribution is 0.0778. The molecule has 1 aliphatic rings. The molecule has 1 atom stereocenters. The third-order valence-corrected chi connectivity index (χ3v) is 5.97. The van der Waals surface area contributed by atoms with Crippen LogP contribution < -0.4 is 4.74 Å². The molecule has 30 heavy (non-hydrogen) atoms. The number of rotatable bonds is 7. The average Bonchev–Trinajstić information content (AvgIpc) is 3.41. The van der Waals surface area contributed by atoms with E-state index in [2.05, 4.69) is 23.7 Å². The number of carbonyl (C=O) groups excluding carboxylic acids is 1. The van der Waals surface area contributed by atoms with Crippen molar-refractivity contribution in [2.75, 3.05) is 33.3 Å². The molecule has 2 aromatic carbocycles. The van der Waals surface area contributed by atoms with Crippen molar-refractivity contribution in [3.8, 4) is 5.75 Å². The van der Waals surface area contributed by atoms with Gasteiger partial charge in [0.2, 0.25) is 0 Å². The maximum atomic E-state index is 13.0. The molecule has 1 fully saturated rings. The van der Waals surface area contributed by atoms with Gasteiger partial charge in [-0.25, -0.2) is 4.98 Å². The second kappa shape index (κ2) is 8.88. The zero-order valence-electron chi connectivity index (χ0n) is 17.9. The van der Waals surface area contributed by atoms with Crippen molar-refractivity contribution in [1.29, 1.82) is 0 Å². The molecule has 0 aliphatic carbocycles. The first-order valence-corrected chi connectivity index (χ1v) is 10.7. The molecular weight excluding hydrogens is 378 g/mol. The number of likely N-dealkylation sites (tertiary alicyclic amines) is 1. The van der Waals surface area contributed by atoms with E-state index in [1.807, 2.05) is 47.4 Å². The average molecular weight is 408 g/mol. The predicted molar refractivity (Wildman–Crippen MR) is 117 cm³/mol. The molecule has 6 heteroatoms. The second-order valence-electron chi connectivity index (χ2n) is 7.73. The summed E-state index contributed by atoms with van der Waals surface area (Å²) < 4.78 is 11.2. The van der Waals surface area contributed by atoms with E-state index < -0.39 is 0 Å². The highest BCUT2D eigenvalue weighted by Crippen LogP contribution is 2.23. The fraction of sp³-hybridized carbons (Fsp3) is 0.417. The number of nitrogens with zero attached hydrogens (tertiary/aromatic N) is 3. The molecule has 2 heterocycles. The monoisotopic (exact) mass is 407 g/mol. The molecule has 0 N–H and O–H groups in total. The minimum Gasteiger partial charge on any atom is -0.497 e. The lowest BCUT2D eigenvalue weighted by Gasteiger charge is -2.26. The number of hydrogen-bond donors (Lipinski definition) is 0. The highest BCUT2D eigenvalue weighted by atomic mass is 16.5. The van der Waals surface area contributed by atoms with Crippen molar-refractivity contribution in [2.24, 2.45) is 0 Å². The third kappa shape index (κ3) is 4.19. The summed E-state index contributed by atoms with van der Waals surface area (Å²) in [5.74, 6) is 1.53. The number of aromatic nitrogens is 1. The lowest BCUT2D eigenvalue weighted by atomic mass is 10.1. The standard InChI is InChI=1S/C24H29N3O3/c1-4-26(5-2)19-12-13-27(16-19)24(28)18-8-11-21-22(15-18)30-23(25-21)14-17-6-9-20(29-3)10-7-17/h6-11,15,19H,4-5,12-14,16H2,1-3H3/t19-/m1/s1. The van der Waals surface area contributed by atoms with Crippen molar-refractivity contribution in [1.82, 2.24) is 14.8 Å². The van der Waals surface area contributed by atoms with Gasteiger partial charge in [-0.15, -0.1) is 0 Å². The van der Waals surface area contributed by atoms with Gasteiger partial charge in [0.15, 0.2) is 11.5 Å². The number of carbonyl (C=O) groups is 1. The molecule has 0 spiro atoms. The summed E-state index contributed by atoms with van der Waals surface area (Å²) in [6, 6.07) is 13.9. The molecule has 0 radical (unpaired) electrons. The molecule has 158 valence electrons. The normalized spacial score (nSPS) is 16.5. The Morgan fingerprint density at radius 2 is 1.97 bits per heavy atom. The number of methoxy groups -OCH3 is 1. The van der Waals surface area contributed by atoms with Crippen LogP contribution in [0.4, 0.5) is 0 Å². The smallest absolute Gasteiger partial charge is 0.254 e. The van der Waals surface area contributed by atoms with E-state index in [0.717, 1.165) is 49.4 Å². The number of amides is 1. The number of likely N-dealkylation sites (N-methyl/N-ethyl adjacent to an activating group) is 1. The Kier molecular flexibility index (Phi) is 6.04. The highest BCUT2D eigenvalue weighted by Gasteiger charge is 2.29. The first-order chi connectivity index (χ1) is 14.6. The molecule has 1 amide bonds. The number of ether oxygens (including phenoxy) is 1. The van der Waals surface area contributed by atoms with E-state index in [4.69, 9.17) is 9.15 Å². The van der Waals surface area contributed by atoms with E-state index in [1.165, 1.54) is 0 Å². The molecule has 0 unspecified atom stereocenters. The Morgan fingerprint density at radius 3 is 2.67 bits per heavy atom.